The zero-order chi connectivity index (χ0) is 10.5. The Bertz CT molecular complexity index is 306. The van der Waals surface area contributed by atoms with Gasteiger partial charge in [-0.25, -0.2) is 0 Å². The van der Waals surface area contributed by atoms with Crippen molar-refractivity contribution in [2.45, 2.75) is 44.6 Å². The van der Waals surface area contributed by atoms with Crippen LogP contribution in [-0.2, 0) is 0 Å². The fourth-order valence-electron chi connectivity index (χ4n) is 2.14. The molecular formula is C12H17ClN2. The summed E-state index contributed by atoms with van der Waals surface area (Å²) in [6.07, 6.45) is 11.4. The van der Waals surface area contributed by atoms with E-state index in [4.69, 9.17) is 11.6 Å². The van der Waals surface area contributed by atoms with Crippen molar-refractivity contribution in [3.05, 3.63) is 23.5 Å². The van der Waals surface area contributed by atoms with E-state index < -0.39 is 0 Å². The minimum absolute atomic E-state index is 0.590. The van der Waals surface area contributed by atoms with Crippen molar-refractivity contribution < 1.29 is 0 Å². The molecule has 0 atom stereocenters. The quantitative estimate of drug-likeness (QED) is 0.772. The van der Waals surface area contributed by atoms with Crippen LogP contribution in [0.1, 0.15) is 38.5 Å². The smallest absolute Gasteiger partial charge is 0.0820 e. The minimum atomic E-state index is 0.590. The Kier molecular flexibility index (Phi) is 3.84. The highest BCUT2D eigenvalue weighted by Gasteiger charge is 2.12. The van der Waals surface area contributed by atoms with Crippen LogP contribution < -0.4 is 5.32 Å². The largest absolute Gasteiger partial charge is 0.381 e. The van der Waals surface area contributed by atoms with Gasteiger partial charge >= 0.3 is 0 Å². The molecule has 0 radical (unpaired) electrons. The van der Waals surface area contributed by atoms with Gasteiger partial charge in [0.2, 0.25) is 0 Å². The summed E-state index contributed by atoms with van der Waals surface area (Å²) < 4.78 is 0. The summed E-state index contributed by atoms with van der Waals surface area (Å²) in [5.41, 5.74) is 1.03. The number of nitrogens with one attached hydrogen (secondary N) is 1. The van der Waals surface area contributed by atoms with Crippen molar-refractivity contribution in [3.63, 3.8) is 0 Å². The first-order valence-corrected chi connectivity index (χ1v) is 6.10. The van der Waals surface area contributed by atoms with Crippen LogP contribution in [0, 0.1) is 0 Å². The van der Waals surface area contributed by atoms with Gasteiger partial charge < -0.3 is 5.32 Å². The fraction of sp³-hybridized carbons (Fsp3) is 0.583. The summed E-state index contributed by atoms with van der Waals surface area (Å²) in [5, 5.41) is 4.24. The maximum absolute atomic E-state index is 6.06. The Hall–Kier alpha value is -0.760. The normalized spacial score (nSPS) is 18.5. The Balaban J connectivity index is 1.98. The standard InChI is InChI=1S/C12H17ClN2/c13-11-9-14-8-7-12(11)15-10-5-3-1-2-4-6-10/h7-10H,1-6H2,(H,14,15). The van der Waals surface area contributed by atoms with Gasteiger partial charge in [-0.05, 0) is 18.9 Å². The van der Waals surface area contributed by atoms with E-state index in [2.05, 4.69) is 10.3 Å². The maximum atomic E-state index is 6.06. The maximum Gasteiger partial charge on any atom is 0.0820 e. The lowest BCUT2D eigenvalue weighted by Gasteiger charge is -2.18. The number of hydrogen-bond donors (Lipinski definition) is 1. The van der Waals surface area contributed by atoms with Crippen LogP contribution in [0.15, 0.2) is 18.5 Å². The molecule has 1 saturated carbocycles. The number of halogens is 1. The van der Waals surface area contributed by atoms with E-state index >= 15 is 0 Å². The molecule has 2 nitrogen and oxygen atoms in total. The molecule has 0 bridgehead atoms. The van der Waals surface area contributed by atoms with Gasteiger partial charge in [-0.1, -0.05) is 37.3 Å². The van der Waals surface area contributed by atoms with E-state index in [9.17, 15) is 0 Å². The molecule has 0 saturated heterocycles. The lowest BCUT2D eigenvalue weighted by molar-refractivity contribution is 0.620. The lowest BCUT2D eigenvalue weighted by Crippen LogP contribution is -2.18. The first-order chi connectivity index (χ1) is 7.36. The second kappa shape index (κ2) is 5.36. The molecule has 1 aromatic rings. The number of pyridine rings is 1. The highest BCUT2D eigenvalue weighted by Crippen LogP contribution is 2.25. The van der Waals surface area contributed by atoms with E-state index in [1.54, 1.807) is 12.4 Å². The van der Waals surface area contributed by atoms with Gasteiger partial charge in [0.25, 0.3) is 0 Å². The third-order valence-electron chi connectivity index (χ3n) is 2.99. The van der Waals surface area contributed by atoms with E-state index in [1.807, 2.05) is 6.07 Å². The second-order valence-electron chi connectivity index (χ2n) is 4.19. The van der Waals surface area contributed by atoms with Crippen LogP contribution in [0.2, 0.25) is 5.02 Å². The monoisotopic (exact) mass is 224 g/mol. The zero-order valence-corrected chi connectivity index (χ0v) is 9.63. The lowest BCUT2D eigenvalue weighted by atomic mass is 10.1. The molecular weight excluding hydrogens is 208 g/mol. The van der Waals surface area contributed by atoms with E-state index in [0.29, 0.717) is 6.04 Å². The van der Waals surface area contributed by atoms with Gasteiger partial charge in [-0.2, -0.15) is 0 Å². The Morgan fingerprint density at radius 3 is 2.60 bits per heavy atom. The Morgan fingerprint density at radius 2 is 1.93 bits per heavy atom. The van der Waals surface area contributed by atoms with Crippen molar-refractivity contribution in [1.82, 2.24) is 4.98 Å². The van der Waals surface area contributed by atoms with Crippen LogP contribution in [0.4, 0.5) is 5.69 Å². The van der Waals surface area contributed by atoms with Gasteiger partial charge in [0, 0.05) is 18.4 Å². The molecule has 0 aromatic carbocycles. The molecule has 3 heteroatoms. The molecule has 1 heterocycles. The van der Waals surface area contributed by atoms with Gasteiger partial charge in [-0.3, -0.25) is 4.98 Å². The highest BCUT2D eigenvalue weighted by molar-refractivity contribution is 6.33. The predicted octanol–water partition coefficient (Wildman–Crippen LogP) is 3.87. The molecule has 1 N–H and O–H groups in total. The summed E-state index contributed by atoms with van der Waals surface area (Å²) in [7, 11) is 0. The molecule has 0 spiro atoms. The molecule has 0 unspecified atom stereocenters. The third kappa shape index (κ3) is 3.10. The second-order valence-corrected chi connectivity index (χ2v) is 4.60. The summed E-state index contributed by atoms with van der Waals surface area (Å²) >= 11 is 6.06. The van der Waals surface area contributed by atoms with Crippen molar-refractivity contribution >= 4 is 17.3 Å². The van der Waals surface area contributed by atoms with Crippen molar-refractivity contribution in [2.24, 2.45) is 0 Å². The Morgan fingerprint density at radius 1 is 1.20 bits per heavy atom. The molecule has 2 rings (SSSR count). The number of rotatable bonds is 2. The fourth-order valence-corrected chi connectivity index (χ4v) is 2.31. The zero-order valence-electron chi connectivity index (χ0n) is 8.88. The van der Waals surface area contributed by atoms with Crippen molar-refractivity contribution in [1.29, 1.82) is 0 Å². The number of nitrogens with zero attached hydrogens (tertiary/aromatic N) is 1. The molecule has 82 valence electrons. The van der Waals surface area contributed by atoms with Gasteiger partial charge in [0.1, 0.15) is 0 Å². The minimum Gasteiger partial charge on any atom is -0.381 e. The number of anilines is 1. The predicted molar refractivity (Wildman–Crippen MR) is 64.4 cm³/mol. The molecule has 0 amide bonds. The van der Waals surface area contributed by atoms with Crippen LogP contribution in [0.3, 0.4) is 0 Å². The molecule has 1 fully saturated rings. The van der Waals surface area contributed by atoms with E-state index in [-0.39, 0.29) is 0 Å². The van der Waals surface area contributed by atoms with Gasteiger partial charge in [-0.15, -0.1) is 0 Å². The topological polar surface area (TPSA) is 24.9 Å². The third-order valence-corrected chi connectivity index (χ3v) is 3.29. The molecule has 1 aromatic heterocycles. The summed E-state index contributed by atoms with van der Waals surface area (Å²) in [6.45, 7) is 0. The number of hydrogen-bond acceptors (Lipinski definition) is 2. The van der Waals surface area contributed by atoms with Gasteiger partial charge in [0.05, 0.1) is 10.7 Å². The molecule has 15 heavy (non-hydrogen) atoms. The summed E-state index contributed by atoms with van der Waals surface area (Å²) in [4.78, 5) is 3.98. The first-order valence-electron chi connectivity index (χ1n) is 5.72. The Labute approximate surface area is 96.1 Å². The van der Waals surface area contributed by atoms with Crippen LogP contribution in [0.25, 0.3) is 0 Å². The first kappa shape index (κ1) is 10.7. The average molecular weight is 225 g/mol. The van der Waals surface area contributed by atoms with Gasteiger partial charge in [0.15, 0.2) is 0 Å². The van der Waals surface area contributed by atoms with Crippen LogP contribution >= 0.6 is 11.6 Å². The highest BCUT2D eigenvalue weighted by atomic mass is 35.5. The van der Waals surface area contributed by atoms with E-state index in [0.717, 1.165) is 10.7 Å². The van der Waals surface area contributed by atoms with Crippen LogP contribution in [-0.4, -0.2) is 11.0 Å². The SMILES string of the molecule is Clc1cnccc1NC1CCCCCC1. The van der Waals surface area contributed by atoms with E-state index in [1.165, 1.54) is 38.5 Å². The molecule has 1 aliphatic carbocycles. The number of aromatic nitrogens is 1. The van der Waals surface area contributed by atoms with Crippen molar-refractivity contribution in [3.8, 4) is 0 Å². The van der Waals surface area contributed by atoms with Crippen molar-refractivity contribution in [2.75, 3.05) is 5.32 Å². The molecule has 1 aliphatic rings. The average Bonchev–Trinajstić information content (AvgIpc) is 2.50. The van der Waals surface area contributed by atoms with Crippen LogP contribution in [0.5, 0.6) is 0 Å². The molecule has 0 aliphatic heterocycles. The summed E-state index contributed by atoms with van der Waals surface area (Å²) in [5.74, 6) is 0. The summed E-state index contributed by atoms with van der Waals surface area (Å²) in [6, 6.07) is 2.54.